The van der Waals surface area contributed by atoms with Gasteiger partial charge in [0, 0.05) is 13.0 Å². The van der Waals surface area contributed by atoms with E-state index in [0.29, 0.717) is 23.2 Å². The van der Waals surface area contributed by atoms with Crippen LogP contribution in [0.3, 0.4) is 0 Å². The van der Waals surface area contributed by atoms with Crippen LogP contribution in [0.25, 0.3) is 0 Å². The minimum absolute atomic E-state index is 0.108. The average Bonchev–Trinajstić information content (AvgIpc) is 3.16. The van der Waals surface area contributed by atoms with Crippen molar-refractivity contribution in [1.29, 1.82) is 0 Å². The fourth-order valence-corrected chi connectivity index (χ4v) is 9.94. The summed E-state index contributed by atoms with van der Waals surface area (Å²) in [5, 5.41) is 19.3. The first-order chi connectivity index (χ1) is 16.2. The van der Waals surface area contributed by atoms with E-state index in [0.717, 1.165) is 61.9 Å². The van der Waals surface area contributed by atoms with Gasteiger partial charge in [-0.2, -0.15) is 0 Å². The number of rotatable bonds is 6. The molecular weight excluding hydrogens is 422 g/mol. The summed E-state index contributed by atoms with van der Waals surface area (Å²) in [6, 6.07) is 0. The van der Waals surface area contributed by atoms with Crippen LogP contribution in [0.4, 0.5) is 0 Å². The number of piperidine rings is 1. The second-order valence-electron chi connectivity index (χ2n) is 13.5. The van der Waals surface area contributed by atoms with Gasteiger partial charge >= 0.3 is 5.97 Å². The van der Waals surface area contributed by atoms with Gasteiger partial charge in [0.05, 0.1) is 6.10 Å². The van der Waals surface area contributed by atoms with Crippen molar-refractivity contribution in [1.82, 2.24) is 4.90 Å². The highest BCUT2D eigenvalue weighted by atomic mass is 16.4. The van der Waals surface area contributed by atoms with Crippen molar-refractivity contribution in [2.24, 2.45) is 46.3 Å². The molecule has 0 aromatic rings. The van der Waals surface area contributed by atoms with E-state index in [2.05, 4.69) is 31.7 Å². The molecule has 1 aliphatic heterocycles. The number of fused-ring (bicyclic) bond motifs is 5. The van der Waals surface area contributed by atoms with Gasteiger partial charge in [-0.05, 0) is 130 Å². The second-order valence-corrected chi connectivity index (χ2v) is 13.5. The summed E-state index contributed by atoms with van der Waals surface area (Å²) in [6.07, 6.45) is 16.0. The number of likely N-dealkylation sites (tertiary alicyclic amines) is 1. The number of aliphatic hydroxyl groups is 1. The Balaban J connectivity index is 1.20. The van der Waals surface area contributed by atoms with Gasteiger partial charge in [-0.1, -0.05) is 32.4 Å². The third kappa shape index (κ3) is 4.40. The molecule has 1 unspecified atom stereocenters. The van der Waals surface area contributed by atoms with E-state index < -0.39 is 5.97 Å². The predicted octanol–water partition coefficient (Wildman–Crippen LogP) is 6.14. The number of aliphatic hydroxyl groups excluding tert-OH is 1. The van der Waals surface area contributed by atoms with Crippen molar-refractivity contribution in [3.05, 3.63) is 11.6 Å². The molecule has 192 valence electrons. The average molecular weight is 472 g/mol. The second kappa shape index (κ2) is 9.54. The molecule has 4 nitrogen and oxygen atoms in total. The Labute approximate surface area is 207 Å². The van der Waals surface area contributed by atoms with Gasteiger partial charge in [-0.3, -0.25) is 4.79 Å². The minimum atomic E-state index is -0.644. The molecule has 2 N–H and O–H groups in total. The molecule has 5 aliphatic rings. The van der Waals surface area contributed by atoms with Gasteiger partial charge in [0.15, 0.2) is 0 Å². The summed E-state index contributed by atoms with van der Waals surface area (Å²) in [6.45, 7) is 11.3. The van der Waals surface area contributed by atoms with Crippen LogP contribution in [0.5, 0.6) is 0 Å². The normalized spacial score (nSPS) is 44.0. The van der Waals surface area contributed by atoms with Crippen molar-refractivity contribution >= 4 is 5.97 Å². The van der Waals surface area contributed by atoms with Gasteiger partial charge in [0.25, 0.3) is 0 Å². The lowest BCUT2D eigenvalue weighted by molar-refractivity contribution is -0.137. The zero-order valence-electron chi connectivity index (χ0n) is 22.0. The van der Waals surface area contributed by atoms with Crippen LogP contribution in [0, 0.1) is 46.3 Å². The number of hydrogen-bond acceptors (Lipinski definition) is 3. The maximum absolute atomic E-state index is 10.9. The molecule has 1 heterocycles. The van der Waals surface area contributed by atoms with E-state index in [9.17, 15) is 9.90 Å². The van der Waals surface area contributed by atoms with Crippen LogP contribution >= 0.6 is 0 Å². The van der Waals surface area contributed by atoms with Crippen molar-refractivity contribution < 1.29 is 15.0 Å². The predicted molar refractivity (Wildman–Crippen MR) is 136 cm³/mol. The maximum atomic E-state index is 10.9. The first kappa shape index (κ1) is 24.8. The monoisotopic (exact) mass is 471 g/mol. The van der Waals surface area contributed by atoms with E-state index in [1.807, 2.05) is 0 Å². The molecule has 4 fully saturated rings. The molecule has 0 radical (unpaired) electrons. The van der Waals surface area contributed by atoms with E-state index in [1.54, 1.807) is 5.57 Å². The first-order valence-corrected chi connectivity index (χ1v) is 14.5. The number of allylic oxidation sites excluding steroid dienone is 1. The SMILES string of the molecule is C[C@H](CN1CCC(CCC(=O)O)CC1)[C@H]1CC[C@H]2[C@@H]3CC=C4CC(O)CC[C@]4(C)[C@H]3CC[C@]12C. The number of carboxylic acids is 1. The van der Waals surface area contributed by atoms with Crippen molar-refractivity contribution in [2.45, 2.75) is 104 Å². The van der Waals surface area contributed by atoms with Crippen LogP contribution < -0.4 is 0 Å². The zero-order chi connectivity index (χ0) is 24.1. The Bertz CT molecular complexity index is 786. The Morgan fingerprint density at radius 2 is 1.85 bits per heavy atom. The van der Waals surface area contributed by atoms with Crippen molar-refractivity contribution in [3.63, 3.8) is 0 Å². The Morgan fingerprint density at radius 3 is 2.59 bits per heavy atom. The molecule has 5 rings (SSSR count). The summed E-state index contributed by atoms with van der Waals surface area (Å²) >= 11 is 0. The summed E-state index contributed by atoms with van der Waals surface area (Å²) in [5.41, 5.74) is 2.43. The molecule has 0 aromatic carbocycles. The van der Waals surface area contributed by atoms with Crippen LogP contribution in [0.2, 0.25) is 0 Å². The molecule has 1 saturated heterocycles. The van der Waals surface area contributed by atoms with Gasteiger partial charge in [0.2, 0.25) is 0 Å². The lowest BCUT2D eigenvalue weighted by atomic mass is 9.47. The maximum Gasteiger partial charge on any atom is 0.303 e. The van der Waals surface area contributed by atoms with Crippen LogP contribution in [-0.2, 0) is 4.79 Å². The minimum Gasteiger partial charge on any atom is -0.481 e. The summed E-state index contributed by atoms with van der Waals surface area (Å²) in [4.78, 5) is 13.6. The number of hydrogen-bond donors (Lipinski definition) is 2. The molecule has 0 bridgehead atoms. The Kier molecular flexibility index (Phi) is 6.96. The van der Waals surface area contributed by atoms with Gasteiger partial charge in [0.1, 0.15) is 0 Å². The van der Waals surface area contributed by atoms with E-state index >= 15 is 0 Å². The number of nitrogens with zero attached hydrogens (tertiary/aromatic N) is 1. The standard InChI is InChI=1S/C30H49NO3/c1-20(19-31-16-12-21(13-17-31)4-9-28(33)34)25-7-8-26-24-6-5-22-18-23(32)10-14-29(22,2)27(24)11-15-30(25,26)3/h5,20-21,23-27,32H,4,6-19H2,1-3H3,(H,33,34)/t20-,23?,24+,25-,26+,27+,29+,30-/m1/s1. The van der Waals surface area contributed by atoms with E-state index in [4.69, 9.17) is 5.11 Å². The summed E-state index contributed by atoms with van der Waals surface area (Å²) in [7, 11) is 0. The molecule has 4 aliphatic carbocycles. The Morgan fingerprint density at radius 1 is 1.09 bits per heavy atom. The number of aliphatic carboxylic acids is 1. The van der Waals surface area contributed by atoms with Crippen LogP contribution in [0.1, 0.15) is 97.8 Å². The van der Waals surface area contributed by atoms with Gasteiger partial charge < -0.3 is 15.1 Å². The fraction of sp³-hybridized carbons (Fsp3) is 0.900. The zero-order valence-corrected chi connectivity index (χ0v) is 22.0. The molecule has 4 heteroatoms. The molecule has 8 atom stereocenters. The molecule has 0 spiro atoms. The highest BCUT2D eigenvalue weighted by Gasteiger charge is 2.59. The fourth-order valence-electron chi connectivity index (χ4n) is 9.94. The number of carbonyl (C=O) groups is 1. The third-order valence-corrected chi connectivity index (χ3v) is 11.9. The van der Waals surface area contributed by atoms with Crippen LogP contribution in [-0.4, -0.2) is 46.8 Å². The number of carboxylic acid groups (broad SMARTS) is 1. The van der Waals surface area contributed by atoms with Crippen LogP contribution in [0.15, 0.2) is 11.6 Å². The quantitative estimate of drug-likeness (QED) is 0.457. The molecule has 0 aromatic heterocycles. The molecule has 3 saturated carbocycles. The van der Waals surface area contributed by atoms with E-state index in [-0.39, 0.29) is 6.10 Å². The lowest BCUT2D eigenvalue weighted by Gasteiger charge is -2.58. The molecule has 34 heavy (non-hydrogen) atoms. The first-order valence-electron chi connectivity index (χ1n) is 14.5. The van der Waals surface area contributed by atoms with Gasteiger partial charge in [-0.15, -0.1) is 0 Å². The largest absolute Gasteiger partial charge is 0.481 e. The third-order valence-electron chi connectivity index (χ3n) is 11.9. The summed E-state index contributed by atoms with van der Waals surface area (Å²) < 4.78 is 0. The van der Waals surface area contributed by atoms with Crippen molar-refractivity contribution in [2.75, 3.05) is 19.6 Å². The highest BCUT2D eigenvalue weighted by molar-refractivity contribution is 5.66. The van der Waals surface area contributed by atoms with E-state index in [1.165, 1.54) is 57.9 Å². The summed E-state index contributed by atoms with van der Waals surface area (Å²) in [5.74, 6) is 4.11. The lowest BCUT2D eigenvalue weighted by Crippen LogP contribution is -2.51. The smallest absolute Gasteiger partial charge is 0.303 e. The van der Waals surface area contributed by atoms with Gasteiger partial charge in [-0.25, -0.2) is 0 Å². The molecule has 0 amide bonds. The van der Waals surface area contributed by atoms with Crippen molar-refractivity contribution in [3.8, 4) is 0 Å². The topological polar surface area (TPSA) is 60.8 Å². The Hall–Kier alpha value is -0.870. The molecular formula is C30H49NO3. The highest BCUT2D eigenvalue weighted by Crippen LogP contribution is 2.67.